The molecule has 0 saturated heterocycles. The Kier molecular flexibility index (Phi) is 4.35. The molecule has 2 heterocycles. The van der Waals surface area contributed by atoms with Gasteiger partial charge in [-0.1, -0.05) is 12.1 Å². The van der Waals surface area contributed by atoms with Gasteiger partial charge in [-0.05, 0) is 24.6 Å². The van der Waals surface area contributed by atoms with E-state index in [4.69, 9.17) is 10.5 Å². The zero-order valence-electron chi connectivity index (χ0n) is 14.3. The van der Waals surface area contributed by atoms with Crippen LogP contribution in [0.1, 0.15) is 22.7 Å². The number of nitrogens with zero attached hydrogens (tertiary/aromatic N) is 2. The fraction of sp³-hybridized carbons (Fsp3) is 0.222. The van der Waals surface area contributed by atoms with Crippen LogP contribution in [0.3, 0.4) is 0 Å². The van der Waals surface area contributed by atoms with E-state index in [1.165, 1.54) is 16.7 Å². The number of hydrogen-bond acceptors (Lipinski definition) is 5. The van der Waals surface area contributed by atoms with Gasteiger partial charge in [0, 0.05) is 18.8 Å². The smallest absolute Gasteiger partial charge is 0.440 e. The van der Waals surface area contributed by atoms with E-state index in [2.05, 4.69) is 4.74 Å². The van der Waals surface area contributed by atoms with Crippen molar-refractivity contribution >= 4 is 0 Å². The lowest BCUT2D eigenvalue weighted by molar-refractivity contribution is -0.274. The molecule has 0 amide bonds. The third kappa shape index (κ3) is 3.33. The zero-order valence-corrected chi connectivity index (χ0v) is 14.3. The molecule has 1 aliphatic rings. The molecular weight excluding hydrogens is 363 g/mol. The maximum absolute atomic E-state index is 12.8. The van der Waals surface area contributed by atoms with Gasteiger partial charge in [0.2, 0.25) is 5.88 Å². The highest BCUT2D eigenvalue weighted by Crippen LogP contribution is 2.40. The first-order valence-corrected chi connectivity index (χ1v) is 7.76. The van der Waals surface area contributed by atoms with Gasteiger partial charge in [-0.15, -0.1) is 13.2 Å². The highest BCUT2D eigenvalue weighted by molar-refractivity contribution is 5.55. The van der Waals surface area contributed by atoms with Crippen molar-refractivity contribution in [1.29, 1.82) is 5.26 Å². The molecule has 3 rings (SSSR count). The Hall–Kier alpha value is -3.41. The second-order valence-corrected chi connectivity index (χ2v) is 5.97. The quantitative estimate of drug-likeness (QED) is 0.869. The number of ether oxygens (including phenoxy) is 2. The molecule has 2 N–H and O–H groups in total. The summed E-state index contributed by atoms with van der Waals surface area (Å²) in [6, 6.07) is 8.47. The lowest BCUT2D eigenvalue weighted by Crippen LogP contribution is -2.31. The number of aryl methyl sites for hydroxylation is 1. The van der Waals surface area contributed by atoms with Crippen LogP contribution < -0.4 is 20.8 Å². The predicted molar refractivity (Wildman–Crippen MR) is 88.8 cm³/mol. The first-order valence-electron chi connectivity index (χ1n) is 7.76. The Bertz CT molecular complexity index is 1030. The Morgan fingerprint density at radius 2 is 1.93 bits per heavy atom. The van der Waals surface area contributed by atoms with Crippen molar-refractivity contribution in [3.63, 3.8) is 0 Å². The van der Waals surface area contributed by atoms with Gasteiger partial charge in [0.05, 0.1) is 11.5 Å². The Morgan fingerprint density at radius 1 is 1.30 bits per heavy atom. The summed E-state index contributed by atoms with van der Waals surface area (Å²) in [6.45, 7) is 1.71. The summed E-state index contributed by atoms with van der Waals surface area (Å²) in [5.41, 5.74) is 6.69. The van der Waals surface area contributed by atoms with Gasteiger partial charge in [-0.3, -0.25) is 4.79 Å². The van der Waals surface area contributed by atoms with Crippen molar-refractivity contribution in [1.82, 2.24) is 4.57 Å². The number of alkyl halides is 3. The van der Waals surface area contributed by atoms with Gasteiger partial charge >= 0.3 is 6.36 Å². The summed E-state index contributed by atoms with van der Waals surface area (Å²) in [7, 11) is 1.57. The molecule has 0 bridgehead atoms. The van der Waals surface area contributed by atoms with E-state index in [1.807, 2.05) is 6.07 Å². The minimum absolute atomic E-state index is 0.00735. The van der Waals surface area contributed by atoms with E-state index in [0.29, 0.717) is 11.3 Å². The number of nitrogens with two attached hydrogens (primary N) is 1. The minimum Gasteiger partial charge on any atom is -0.440 e. The maximum Gasteiger partial charge on any atom is 0.573 e. The molecule has 0 aliphatic carbocycles. The number of aromatic nitrogens is 1. The third-order valence-electron chi connectivity index (χ3n) is 4.30. The Labute approximate surface area is 151 Å². The van der Waals surface area contributed by atoms with Crippen molar-refractivity contribution in [2.45, 2.75) is 19.2 Å². The summed E-state index contributed by atoms with van der Waals surface area (Å²) in [6.07, 6.45) is -4.82. The molecule has 0 spiro atoms. The second kappa shape index (κ2) is 6.39. The van der Waals surface area contributed by atoms with E-state index >= 15 is 0 Å². The van der Waals surface area contributed by atoms with Crippen LogP contribution in [0.2, 0.25) is 0 Å². The predicted octanol–water partition coefficient (Wildman–Crippen LogP) is 2.81. The van der Waals surface area contributed by atoms with E-state index in [1.54, 1.807) is 20.0 Å². The maximum atomic E-state index is 12.8. The average molecular weight is 377 g/mol. The van der Waals surface area contributed by atoms with Crippen LogP contribution in [-0.4, -0.2) is 10.9 Å². The highest BCUT2D eigenvalue weighted by Gasteiger charge is 2.35. The van der Waals surface area contributed by atoms with Crippen molar-refractivity contribution in [2.75, 3.05) is 0 Å². The first-order chi connectivity index (χ1) is 12.6. The van der Waals surface area contributed by atoms with Crippen LogP contribution in [0.5, 0.6) is 11.5 Å². The van der Waals surface area contributed by atoms with Crippen LogP contribution in [0.25, 0.3) is 0 Å². The van der Waals surface area contributed by atoms with Crippen molar-refractivity contribution < 1.29 is 22.6 Å². The molecule has 140 valence electrons. The second-order valence-electron chi connectivity index (χ2n) is 5.97. The van der Waals surface area contributed by atoms with Gasteiger partial charge < -0.3 is 19.8 Å². The minimum atomic E-state index is -4.82. The van der Waals surface area contributed by atoms with Crippen LogP contribution >= 0.6 is 0 Å². The molecule has 27 heavy (non-hydrogen) atoms. The average Bonchev–Trinajstić information content (AvgIpc) is 2.58. The topological polar surface area (TPSA) is 90.3 Å². The Balaban J connectivity index is 2.16. The normalized spacial score (nSPS) is 16.4. The standard InChI is InChI=1S/C18H14F3N3O3/c1-9-7-13-15(17(25)24(9)2)14(12(8-22)16(23)26-13)10-3-5-11(6-4-10)27-18(19,20)21/h3-7,14H,23H2,1-2H3/t14-/m1/s1. The van der Waals surface area contributed by atoms with Gasteiger partial charge in [0.25, 0.3) is 5.56 Å². The number of rotatable bonds is 2. The van der Waals surface area contributed by atoms with Gasteiger partial charge in [0.15, 0.2) is 0 Å². The molecule has 2 aromatic rings. The van der Waals surface area contributed by atoms with Crippen molar-refractivity contribution in [3.8, 4) is 17.6 Å². The van der Waals surface area contributed by atoms with E-state index in [9.17, 15) is 23.2 Å². The molecule has 1 aromatic heterocycles. The Morgan fingerprint density at radius 3 is 2.48 bits per heavy atom. The lowest BCUT2D eigenvalue weighted by Gasteiger charge is -2.26. The van der Waals surface area contributed by atoms with E-state index in [0.717, 1.165) is 12.1 Å². The summed E-state index contributed by atoms with van der Waals surface area (Å²) >= 11 is 0. The molecule has 0 unspecified atom stereocenters. The van der Waals surface area contributed by atoms with E-state index < -0.39 is 18.0 Å². The zero-order chi connectivity index (χ0) is 19.9. The summed E-state index contributed by atoms with van der Waals surface area (Å²) in [5, 5.41) is 9.49. The molecule has 0 fully saturated rings. The fourth-order valence-corrected chi connectivity index (χ4v) is 2.94. The highest BCUT2D eigenvalue weighted by atomic mass is 19.4. The number of halogens is 3. The number of fused-ring (bicyclic) bond motifs is 1. The van der Waals surface area contributed by atoms with Gasteiger partial charge in [0.1, 0.15) is 23.1 Å². The third-order valence-corrected chi connectivity index (χ3v) is 4.30. The molecule has 0 radical (unpaired) electrons. The summed E-state index contributed by atoms with van der Waals surface area (Å²) < 4.78 is 47.7. The molecule has 0 saturated carbocycles. The first kappa shape index (κ1) is 18.4. The SMILES string of the molecule is Cc1cc2c(c(=O)n1C)[C@H](c1ccc(OC(F)(F)F)cc1)C(C#N)=C(N)O2. The molecule has 9 heteroatoms. The summed E-state index contributed by atoms with van der Waals surface area (Å²) in [4.78, 5) is 12.8. The van der Waals surface area contributed by atoms with Crippen molar-refractivity contribution in [3.05, 3.63) is 69.0 Å². The van der Waals surface area contributed by atoms with Crippen LogP contribution in [0.15, 0.2) is 46.6 Å². The number of benzene rings is 1. The van der Waals surface area contributed by atoms with Gasteiger partial charge in [-0.25, -0.2) is 0 Å². The largest absolute Gasteiger partial charge is 0.573 e. The molecule has 1 atom stereocenters. The van der Waals surface area contributed by atoms with Crippen LogP contribution in [-0.2, 0) is 7.05 Å². The molecule has 1 aromatic carbocycles. The molecule has 6 nitrogen and oxygen atoms in total. The number of pyridine rings is 1. The fourth-order valence-electron chi connectivity index (χ4n) is 2.94. The summed E-state index contributed by atoms with van der Waals surface area (Å²) in [5.74, 6) is -1.21. The van der Waals surface area contributed by atoms with Crippen LogP contribution in [0, 0.1) is 18.3 Å². The number of hydrogen-bond donors (Lipinski definition) is 1. The number of nitriles is 1. The van der Waals surface area contributed by atoms with Crippen molar-refractivity contribution in [2.24, 2.45) is 12.8 Å². The van der Waals surface area contributed by atoms with Gasteiger partial charge in [-0.2, -0.15) is 5.26 Å². The van der Waals surface area contributed by atoms with E-state index in [-0.39, 0.29) is 28.3 Å². The number of allylic oxidation sites excluding steroid dienone is 1. The monoisotopic (exact) mass is 377 g/mol. The van der Waals surface area contributed by atoms with Crippen LogP contribution in [0.4, 0.5) is 13.2 Å². The lowest BCUT2D eigenvalue weighted by atomic mass is 9.84. The molecular formula is C18H14F3N3O3. The molecule has 1 aliphatic heterocycles.